The third-order valence-corrected chi connectivity index (χ3v) is 14.9. The SMILES string of the molecule is CC(C)(C)[Si](C)(C)OC/C=C(/Br)CCO[Si](C)(C)C(C)(C)C. The maximum Gasteiger partial charge on any atom is 0.192 e. The minimum absolute atomic E-state index is 0.263. The largest absolute Gasteiger partial charge is 0.416 e. The number of hydrogen-bond acceptors (Lipinski definition) is 2. The van der Waals surface area contributed by atoms with Crippen molar-refractivity contribution in [1.82, 2.24) is 0 Å². The second-order valence-electron chi connectivity index (χ2n) is 9.08. The zero-order chi connectivity index (χ0) is 17.8. The summed E-state index contributed by atoms with van der Waals surface area (Å²) in [6.45, 7) is 24.3. The number of halogens is 1. The lowest BCUT2D eigenvalue weighted by molar-refractivity contribution is 0.293. The van der Waals surface area contributed by atoms with Gasteiger partial charge in [0.2, 0.25) is 0 Å². The van der Waals surface area contributed by atoms with E-state index < -0.39 is 16.6 Å². The molecule has 0 heterocycles. The summed E-state index contributed by atoms with van der Waals surface area (Å²) in [4.78, 5) is 0. The molecule has 0 bridgehead atoms. The van der Waals surface area contributed by atoms with Gasteiger partial charge < -0.3 is 8.85 Å². The van der Waals surface area contributed by atoms with Crippen LogP contribution in [0.5, 0.6) is 0 Å². The maximum absolute atomic E-state index is 6.20. The average Bonchev–Trinajstić information content (AvgIpc) is 2.25. The van der Waals surface area contributed by atoms with Crippen LogP contribution in [0.1, 0.15) is 48.0 Å². The molecule has 0 aromatic rings. The van der Waals surface area contributed by atoms with Gasteiger partial charge in [-0.3, -0.25) is 0 Å². The van der Waals surface area contributed by atoms with Crippen LogP contribution in [0.4, 0.5) is 0 Å². The molecule has 0 aromatic heterocycles. The van der Waals surface area contributed by atoms with Crippen LogP contribution in [-0.2, 0) is 8.85 Å². The van der Waals surface area contributed by atoms with Gasteiger partial charge in [-0.2, -0.15) is 0 Å². The number of hydrogen-bond donors (Lipinski definition) is 0. The van der Waals surface area contributed by atoms with Crippen molar-refractivity contribution in [2.75, 3.05) is 13.2 Å². The van der Waals surface area contributed by atoms with E-state index in [1.165, 1.54) is 4.48 Å². The smallest absolute Gasteiger partial charge is 0.192 e. The highest BCUT2D eigenvalue weighted by molar-refractivity contribution is 9.11. The van der Waals surface area contributed by atoms with Crippen LogP contribution in [0, 0.1) is 0 Å². The van der Waals surface area contributed by atoms with Crippen LogP contribution in [0.15, 0.2) is 10.6 Å². The Kier molecular flexibility index (Phi) is 8.31. The van der Waals surface area contributed by atoms with Crippen LogP contribution >= 0.6 is 15.9 Å². The van der Waals surface area contributed by atoms with Crippen molar-refractivity contribution in [3.63, 3.8) is 0 Å². The lowest BCUT2D eigenvalue weighted by Gasteiger charge is -2.36. The van der Waals surface area contributed by atoms with Crippen LogP contribution in [0.2, 0.25) is 36.3 Å². The van der Waals surface area contributed by atoms with E-state index in [1.807, 2.05) is 0 Å². The summed E-state index contributed by atoms with van der Waals surface area (Å²) in [6.07, 6.45) is 3.07. The van der Waals surface area contributed by atoms with Crippen molar-refractivity contribution >= 4 is 32.6 Å². The minimum atomic E-state index is -1.65. The first-order chi connectivity index (χ1) is 9.60. The van der Waals surface area contributed by atoms with Crippen molar-refractivity contribution in [3.05, 3.63) is 10.6 Å². The average molecular weight is 410 g/mol. The molecule has 0 atom stereocenters. The third-order valence-electron chi connectivity index (χ3n) is 5.17. The summed E-state index contributed by atoms with van der Waals surface area (Å²) in [5, 5.41) is 0.535. The number of rotatable bonds is 7. The van der Waals surface area contributed by atoms with Crippen molar-refractivity contribution in [3.8, 4) is 0 Å². The second-order valence-corrected chi connectivity index (χ2v) is 19.7. The molecule has 2 nitrogen and oxygen atoms in total. The first-order valence-corrected chi connectivity index (χ1v) is 14.8. The van der Waals surface area contributed by atoms with Crippen LogP contribution in [0.3, 0.4) is 0 Å². The van der Waals surface area contributed by atoms with Crippen LogP contribution < -0.4 is 0 Å². The molecule has 0 aliphatic heterocycles. The van der Waals surface area contributed by atoms with E-state index in [-0.39, 0.29) is 10.1 Å². The van der Waals surface area contributed by atoms with Crippen molar-refractivity contribution in [2.24, 2.45) is 0 Å². The summed E-state index contributed by atoms with van der Waals surface area (Å²) in [5.74, 6) is 0. The van der Waals surface area contributed by atoms with E-state index in [1.54, 1.807) is 0 Å². The van der Waals surface area contributed by atoms with Gasteiger partial charge in [0, 0.05) is 13.0 Å². The van der Waals surface area contributed by atoms with E-state index in [4.69, 9.17) is 8.85 Å². The molecule has 132 valence electrons. The molecule has 0 amide bonds. The minimum Gasteiger partial charge on any atom is -0.416 e. The van der Waals surface area contributed by atoms with Gasteiger partial charge in [-0.1, -0.05) is 57.5 Å². The standard InChI is InChI=1S/C17H37BrO2Si2/c1-16(2,3)21(7,8)19-13-11-15(18)12-14-20-22(9,10)17(4,5)6/h11H,12-14H2,1-10H3/b15-11+. The molecule has 22 heavy (non-hydrogen) atoms. The topological polar surface area (TPSA) is 18.5 Å². The first kappa shape index (κ1) is 22.6. The van der Waals surface area contributed by atoms with Gasteiger partial charge in [0.15, 0.2) is 16.6 Å². The van der Waals surface area contributed by atoms with Gasteiger partial charge in [0.1, 0.15) is 0 Å². The monoisotopic (exact) mass is 408 g/mol. The Hall–Kier alpha value is 0.574. The molecule has 0 N–H and O–H groups in total. The highest BCUT2D eigenvalue weighted by Crippen LogP contribution is 2.37. The van der Waals surface area contributed by atoms with Crippen LogP contribution in [-0.4, -0.2) is 29.8 Å². The third kappa shape index (κ3) is 7.43. The Morgan fingerprint density at radius 2 is 1.27 bits per heavy atom. The fourth-order valence-corrected chi connectivity index (χ4v) is 3.55. The Morgan fingerprint density at radius 3 is 1.68 bits per heavy atom. The zero-order valence-electron chi connectivity index (χ0n) is 16.4. The van der Waals surface area contributed by atoms with Crippen molar-refractivity contribution < 1.29 is 8.85 Å². The fraction of sp³-hybridized carbons (Fsp3) is 0.882. The van der Waals surface area contributed by atoms with Crippen molar-refractivity contribution in [1.29, 1.82) is 0 Å². The molecule has 5 heteroatoms. The Labute approximate surface area is 149 Å². The van der Waals surface area contributed by atoms with Gasteiger partial charge in [-0.25, -0.2) is 0 Å². The van der Waals surface area contributed by atoms with Gasteiger partial charge in [-0.15, -0.1) is 0 Å². The highest BCUT2D eigenvalue weighted by Gasteiger charge is 2.37. The zero-order valence-corrected chi connectivity index (χ0v) is 20.0. The molecule has 0 rings (SSSR count). The van der Waals surface area contributed by atoms with E-state index in [9.17, 15) is 0 Å². The van der Waals surface area contributed by atoms with Gasteiger partial charge in [0.25, 0.3) is 0 Å². The Morgan fingerprint density at radius 1 is 0.864 bits per heavy atom. The summed E-state index contributed by atoms with van der Waals surface area (Å²) < 4.78 is 13.6. The molecule has 0 radical (unpaired) electrons. The van der Waals surface area contributed by atoms with E-state index in [0.29, 0.717) is 6.61 Å². The molecule has 0 saturated carbocycles. The van der Waals surface area contributed by atoms with E-state index in [0.717, 1.165) is 13.0 Å². The molecule has 0 aliphatic rings. The normalized spacial score (nSPS) is 15.3. The van der Waals surface area contributed by atoms with E-state index >= 15 is 0 Å². The summed E-state index contributed by atoms with van der Waals surface area (Å²) in [6, 6.07) is 0. The van der Waals surface area contributed by atoms with Crippen molar-refractivity contribution in [2.45, 2.75) is 84.2 Å². The predicted molar refractivity (Wildman–Crippen MR) is 108 cm³/mol. The van der Waals surface area contributed by atoms with Gasteiger partial charge >= 0.3 is 0 Å². The summed E-state index contributed by atoms with van der Waals surface area (Å²) in [5.41, 5.74) is 0. The molecule has 0 fully saturated rings. The molecule has 0 aromatic carbocycles. The van der Waals surface area contributed by atoms with Gasteiger partial charge in [-0.05, 0) is 46.8 Å². The molecular formula is C17H37BrO2Si2. The molecule has 0 aliphatic carbocycles. The molecule has 0 spiro atoms. The Balaban J connectivity index is 4.28. The quantitative estimate of drug-likeness (QED) is 0.436. The Bertz CT molecular complexity index is 377. The first-order valence-electron chi connectivity index (χ1n) is 8.23. The molecule has 0 unspecified atom stereocenters. The maximum atomic E-state index is 6.20. The lowest BCUT2D eigenvalue weighted by atomic mass is 10.2. The van der Waals surface area contributed by atoms with E-state index in [2.05, 4.69) is 89.7 Å². The van der Waals surface area contributed by atoms with Crippen LogP contribution in [0.25, 0.3) is 0 Å². The molecular weight excluding hydrogens is 372 g/mol. The second kappa shape index (κ2) is 8.10. The molecule has 0 saturated heterocycles. The highest BCUT2D eigenvalue weighted by atomic mass is 79.9. The summed E-state index contributed by atoms with van der Waals surface area (Å²) in [7, 11) is -3.28. The predicted octanol–water partition coefficient (Wildman–Crippen LogP) is 6.70. The van der Waals surface area contributed by atoms with Gasteiger partial charge in [0.05, 0.1) is 6.61 Å². The summed E-state index contributed by atoms with van der Waals surface area (Å²) >= 11 is 3.65. The lowest BCUT2D eigenvalue weighted by Crippen LogP contribution is -2.41. The fourth-order valence-electron chi connectivity index (χ4n) is 1.28.